The van der Waals surface area contributed by atoms with Crippen molar-refractivity contribution in [3.8, 4) is 11.3 Å². The number of aliphatic carboxylic acids is 1. The van der Waals surface area contributed by atoms with Crippen molar-refractivity contribution in [3.05, 3.63) is 65.5 Å². The van der Waals surface area contributed by atoms with E-state index in [9.17, 15) is 30.8 Å². The lowest BCUT2D eigenvalue weighted by Crippen LogP contribution is -2.26. The number of nitrogens with zero attached hydrogens (tertiary/aromatic N) is 3. The van der Waals surface area contributed by atoms with Gasteiger partial charge in [-0.1, -0.05) is 19.1 Å². The number of carbonyl (C=O) groups is 1. The highest BCUT2D eigenvalue weighted by Gasteiger charge is 2.35. The molecule has 0 spiro atoms. The number of hydrogen-bond acceptors (Lipinski definition) is 6. The van der Waals surface area contributed by atoms with Crippen LogP contribution in [0.4, 0.5) is 29.2 Å². The summed E-state index contributed by atoms with van der Waals surface area (Å²) in [6, 6.07) is 9.21. The first-order chi connectivity index (χ1) is 17.9. The molecule has 0 unspecified atom stereocenters. The van der Waals surface area contributed by atoms with Crippen molar-refractivity contribution in [1.82, 2.24) is 9.97 Å². The second-order valence-electron chi connectivity index (χ2n) is 8.26. The summed E-state index contributed by atoms with van der Waals surface area (Å²) < 4.78 is 83.6. The van der Waals surface area contributed by atoms with Gasteiger partial charge in [0.15, 0.2) is 5.03 Å². The summed E-state index contributed by atoms with van der Waals surface area (Å²) in [6.07, 6.45) is -4.28. The molecule has 3 aromatic rings. The number of carboxylic acids is 1. The van der Waals surface area contributed by atoms with Gasteiger partial charge in [0.05, 0.1) is 11.3 Å². The van der Waals surface area contributed by atoms with E-state index >= 15 is 0 Å². The van der Waals surface area contributed by atoms with Crippen LogP contribution in [-0.2, 0) is 27.4 Å². The van der Waals surface area contributed by atoms with Crippen molar-refractivity contribution >= 4 is 27.6 Å². The number of aryl methyl sites for hydroxylation is 1. The number of rotatable bonds is 11. The van der Waals surface area contributed by atoms with Crippen molar-refractivity contribution in [3.63, 3.8) is 0 Å². The minimum absolute atomic E-state index is 0.0664. The van der Waals surface area contributed by atoms with Crippen LogP contribution in [-0.4, -0.2) is 42.6 Å². The van der Waals surface area contributed by atoms with Crippen molar-refractivity contribution in [1.29, 1.82) is 0 Å². The second-order valence-corrected chi connectivity index (χ2v) is 9.89. The van der Waals surface area contributed by atoms with E-state index < -0.39 is 50.1 Å². The van der Waals surface area contributed by atoms with E-state index in [4.69, 9.17) is 5.11 Å². The molecule has 2 heterocycles. The molecule has 8 nitrogen and oxygen atoms in total. The SMILES string of the molecule is CCc1ccc(F)cc1-c1nc(NS(=O)(=O)c2cccc(N(CC)CCCC(=O)O)n2)ccc1C(F)(F)F. The molecule has 0 aliphatic heterocycles. The van der Waals surface area contributed by atoms with Gasteiger partial charge in [-0.05, 0) is 61.7 Å². The largest absolute Gasteiger partial charge is 0.481 e. The van der Waals surface area contributed by atoms with Gasteiger partial charge in [-0.25, -0.2) is 14.4 Å². The first kappa shape index (κ1) is 28.8. The molecule has 0 saturated heterocycles. The van der Waals surface area contributed by atoms with Gasteiger partial charge >= 0.3 is 12.1 Å². The lowest BCUT2D eigenvalue weighted by molar-refractivity contribution is -0.138. The topological polar surface area (TPSA) is 112 Å². The summed E-state index contributed by atoms with van der Waals surface area (Å²) >= 11 is 0. The number of pyridine rings is 2. The van der Waals surface area contributed by atoms with E-state index in [0.717, 1.165) is 18.2 Å². The van der Waals surface area contributed by atoms with Crippen LogP contribution in [0.1, 0.15) is 37.8 Å². The van der Waals surface area contributed by atoms with E-state index in [1.54, 1.807) is 24.8 Å². The van der Waals surface area contributed by atoms with Crippen LogP contribution >= 0.6 is 0 Å². The minimum Gasteiger partial charge on any atom is -0.481 e. The van der Waals surface area contributed by atoms with Gasteiger partial charge in [-0.15, -0.1) is 0 Å². The van der Waals surface area contributed by atoms with Gasteiger partial charge in [0.1, 0.15) is 17.5 Å². The Morgan fingerprint density at radius 3 is 2.45 bits per heavy atom. The highest BCUT2D eigenvalue weighted by molar-refractivity contribution is 7.92. The van der Waals surface area contributed by atoms with Crippen LogP contribution in [0.25, 0.3) is 11.3 Å². The van der Waals surface area contributed by atoms with Gasteiger partial charge in [0, 0.05) is 25.1 Å². The number of alkyl halides is 3. The number of aromatic nitrogens is 2. The summed E-state index contributed by atoms with van der Waals surface area (Å²) in [5, 5.41) is 8.44. The number of benzene rings is 1. The molecule has 0 aliphatic carbocycles. The molecule has 1 aromatic carbocycles. The monoisotopic (exact) mass is 554 g/mol. The van der Waals surface area contributed by atoms with Gasteiger partial charge < -0.3 is 10.0 Å². The summed E-state index contributed by atoms with van der Waals surface area (Å²) in [7, 11) is -4.38. The lowest BCUT2D eigenvalue weighted by Gasteiger charge is -2.22. The van der Waals surface area contributed by atoms with E-state index in [0.29, 0.717) is 37.6 Å². The fourth-order valence-corrected chi connectivity index (χ4v) is 4.77. The van der Waals surface area contributed by atoms with Crippen molar-refractivity contribution in [2.75, 3.05) is 22.7 Å². The molecule has 0 radical (unpaired) electrons. The smallest absolute Gasteiger partial charge is 0.418 e. The maximum absolute atomic E-state index is 14.0. The number of anilines is 2. The minimum atomic E-state index is -4.82. The summed E-state index contributed by atoms with van der Waals surface area (Å²) in [5.41, 5.74) is -1.44. The fraction of sp³-hybridized carbons (Fsp3) is 0.320. The molecule has 2 N–H and O–H groups in total. The Kier molecular flexibility index (Phi) is 8.92. The van der Waals surface area contributed by atoms with Crippen LogP contribution < -0.4 is 9.62 Å². The number of nitrogens with one attached hydrogen (secondary N) is 1. The molecule has 0 saturated carbocycles. The van der Waals surface area contributed by atoms with E-state index in [1.165, 1.54) is 18.2 Å². The Morgan fingerprint density at radius 1 is 1.08 bits per heavy atom. The highest BCUT2D eigenvalue weighted by atomic mass is 32.2. The first-order valence-electron chi connectivity index (χ1n) is 11.7. The number of sulfonamides is 1. The summed E-state index contributed by atoms with van der Waals surface area (Å²) in [5.74, 6) is -1.83. The van der Waals surface area contributed by atoms with Crippen LogP contribution in [0.15, 0.2) is 53.6 Å². The molecule has 204 valence electrons. The molecule has 3 rings (SSSR count). The number of halogens is 4. The average molecular weight is 555 g/mol. The Balaban J connectivity index is 1.98. The first-order valence-corrected chi connectivity index (χ1v) is 13.2. The zero-order chi connectivity index (χ0) is 28.1. The van der Waals surface area contributed by atoms with Crippen molar-refractivity contribution < 1.29 is 35.9 Å². The molecule has 0 atom stereocenters. The Morgan fingerprint density at radius 2 is 1.82 bits per heavy atom. The predicted molar refractivity (Wildman–Crippen MR) is 134 cm³/mol. The second kappa shape index (κ2) is 11.8. The van der Waals surface area contributed by atoms with Crippen LogP contribution in [0, 0.1) is 5.82 Å². The molecular formula is C25H26F4N4O4S. The van der Waals surface area contributed by atoms with E-state index in [2.05, 4.69) is 14.7 Å². The molecule has 2 aromatic heterocycles. The lowest BCUT2D eigenvalue weighted by atomic mass is 9.98. The van der Waals surface area contributed by atoms with Gasteiger partial charge in [0.2, 0.25) is 0 Å². The van der Waals surface area contributed by atoms with E-state index in [-0.39, 0.29) is 17.8 Å². The normalized spacial score (nSPS) is 11.8. The van der Waals surface area contributed by atoms with Gasteiger partial charge in [-0.3, -0.25) is 9.52 Å². The Hall–Kier alpha value is -3.74. The summed E-state index contributed by atoms with van der Waals surface area (Å²) in [6.45, 7) is 4.24. The Labute approximate surface area is 217 Å². The van der Waals surface area contributed by atoms with Crippen LogP contribution in [0.3, 0.4) is 0 Å². The third-order valence-electron chi connectivity index (χ3n) is 5.66. The highest BCUT2D eigenvalue weighted by Crippen LogP contribution is 2.38. The van der Waals surface area contributed by atoms with Gasteiger partial charge in [0.25, 0.3) is 10.0 Å². The summed E-state index contributed by atoms with van der Waals surface area (Å²) in [4.78, 5) is 20.6. The standard InChI is InChI=1S/C25H26F4N4O4S/c1-3-16-10-11-17(26)15-18(16)24-19(25(27,28)29)12-13-20(30-24)32-38(36,37)22-8-5-7-21(31-22)33(4-2)14-6-9-23(34)35/h5,7-8,10-13,15H,3-4,6,9,14H2,1-2H3,(H,30,32)(H,34,35). The quantitative estimate of drug-likeness (QED) is 0.307. The van der Waals surface area contributed by atoms with Crippen molar-refractivity contribution in [2.24, 2.45) is 0 Å². The van der Waals surface area contributed by atoms with E-state index in [1.807, 2.05) is 0 Å². The molecule has 0 bridgehead atoms. The van der Waals surface area contributed by atoms with Crippen LogP contribution in [0.2, 0.25) is 0 Å². The van der Waals surface area contributed by atoms with Crippen LogP contribution in [0.5, 0.6) is 0 Å². The maximum atomic E-state index is 14.0. The molecule has 38 heavy (non-hydrogen) atoms. The zero-order valence-corrected chi connectivity index (χ0v) is 21.4. The molecule has 13 heteroatoms. The van der Waals surface area contributed by atoms with Crippen molar-refractivity contribution in [2.45, 2.75) is 44.3 Å². The average Bonchev–Trinajstić information content (AvgIpc) is 2.85. The molecule has 0 aliphatic rings. The third-order valence-corrected chi connectivity index (χ3v) is 6.91. The number of carboxylic acid groups (broad SMARTS) is 1. The predicted octanol–water partition coefficient (Wildman–Crippen LogP) is 5.36. The Bertz CT molecular complexity index is 1410. The number of hydrogen-bond donors (Lipinski definition) is 2. The fourth-order valence-electron chi connectivity index (χ4n) is 3.80. The third kappa shape index (κ3) is 6.97. The zero-order valence-electron chi connectivity index (χ0n) is 20.6. The molecule has 0 fully saturated rings. The molecule has 0 amide bonds. The maximum Gasteiger partial charge on any atom is 0.418 e. The van der Waals surface area contributed by atoms with Gasteiger partial charge in [-0.2, -0.15) is 21.6 Å². The molecular weight excluding hydrogens is 528 g/mol.